The minimum atomic E-state index is -0.274. The molecule has 4 heteroatoms. The highest BCUT2D eigenvalue weighted by molar-refractivity contribution is 5.76. The Hall–Kier alpha value is -1.39. The Morgan fingerprint density at radius 1 is 1.29 bits per heavy atom. The standard InChI is InChI=1S/C13H19N3O/c14-13(17)9-11-2-1-3-12(8-11)10-16-6-4-15-5-7-16/h1-3,8,15H,4-7,9-10H2,(H2,14,17). The van der Waals surface area contributed by atoms with Gasteiger partial charge in [-0.1, -0.05) is 24.3 Å². The molecule has 0 unspecified atom stereocenters. The van der Waals surface area contributed by atoms with Gasteiger partial charge in [-0.25, -0.2) is 0 Å². The zero-order valence-corrected chi connectivity index (χ0v) is 9.98. The largest absolute Gasteiger partial charge is 0.369 e. The van der Waals surface area contributed by atoms with Gasteiger partial charge in [-0.3, -0.25) is 9.69 Å². The summed E-state index contributed by atoms with van der Waals surface area (Å²) in [6.07, 6.45) is 0.329. The second-order valence-electron chi connectivity index (χ2n) is 4.49. The Labute approximate surface area is 102 Å². The number of carbonyl (C=O) groups excluding carboxylic acids is 1. The Balaban J connectivity index is 1.97. The van der Waals surface area contributed by atoms with Crippen LogP contribution < -0.4 is 11.1 Å². The highest BCUT2D eigenvalue weighted by atomic mass is 16.1. The number of nitrogens with one attached hydrogen (secondary N) is 1. The lowest BCUT2D eigenvalue weighted by Crippen LogP contribution is -2.42. The lowest BCUT2D eigenvalue weighted by molar-refractivity contribution is -0.117. The van der Waals surface area contributed by atoms with E-state index < -0.39 is 0 Å². The van der Waals surface area contributed by atoms with E-state index in [1.165, 1.54) is 5.56 Å². The molecule has 1 aliphatic rings. The van der Waals surface area contributed by atoms with Gasteiger partial charge in [0.1, 0.15) is 0 Å². The van der Waals surface area contributed by atoms with Crippen LogP contribution in [0.3, 0.4) is 0 Å². The first-order valence-electron chi connectivity index (χ1n) is 6.03. The van der Waals surface area contributed by atoms with Crippen molar-refractivity contribution in [2.75, 3.05) is 26.2 Å². The number of amides is 1. The molecule has 1 heterocycles. The van der Waals surface area contributed by atoms with Gasteiger partial charge in [-0.15, -0.1) is 0 Å². The van der Waals surface area contributed by atoms with E-state index in [-0.39, 0.29) is 5.91 Å². The second kappa shape index (κ2) is 5.80. The number of hydrogen-bond donors (Lipinski definition) is 2. The smallest absolute Gasteiger partial charge is 0.221 e. The van der Waals surface area contributed by atoms with E-state index in [2.05, 4.69) is 22.3 Å². The third-order valence-corrected chi connectivity index (χ3v) is 2.99. The second-order valence-corrected chi connectivity index (χ2v) is 4.49. The Morgan fingerprint density at radius 3 is 2.71 bits per heavy atom. The van der Waals surface area contributed by atoms with Crippen LogP contribution in [0, 0.1) is 0 Å². The van der Waals surface area contributed by atoms with Crippen molar-refractivity contribution in [3.63, 3.8) is 0 Å². The number of primary amides is 1. The van der Waals surface area contributed by atoms with E-state index >= 15 is 0 Å². The number of benzene rings is 1. The summed E-state index contributed by atoms with van der Waals surface area (Å²) < 4.78 is 0. The summed E-state index contributed by atoms with van der Waals surface area (Å²) in [5.74, 6) is -0.274. The fraction of sp³-hybridized carbons (Fsp3) is 0.462. The predicted molar refractivity (Wildman–Crippen MR) is 67.5 cm³/mol. The van der Waals surface area contributed by atoms with Crippen LogP contribution in [-0.2, 0) is 17.8 Å². The summed E-state index contributed by atoms with van der Waals surface area (Å²) in [4.78, 5) is 13.3. The van der Waals surface area contributed by atoms with E-state index in [1.807, 2.05) is 12.1 Å². The molecule has 0 saturated carbocycles. The maximum atomic E-state index is 10.9. The molecule has 2 rings (SSSR count). The molecular formula is C13H19N3O. The molecule has 0 radical (unpaired) electrons. The average Bonchev–Trinajstić information content (AvgIpc) is 2.30. The maximum Gasteiger partial charge on any atom is 0.221 e. The molecule has 92 valence electrons. The molecule has 1 fully saturated rings. The van der Waals surface area contributed by atoms with E-state index in [1.54, 1.807) is 0 Å². The van der Waals surface area contributed by atoms with Gasteiger partial charge in [0, 0.05) is 32.7 Å². The van der Waals surface area contributed by atoms with Crippen LogP contribution in [-0.4, -0.2) is 37.0 Å². The molecule has 1 saturated heterocycles. The first-order valence-corrected chi connectivity index (χ1v) is 6.03. The van der Waals surface area contributed by atoms with Crippen LogP contribution in [0.25, 0.3) is 0 Å². The van der Waals surface area contributed by atoms with Crippen molar-refractivity contribution < 1.29 is 4.79 Å². The molecule has 0 spiro atoms. The van der Waals surface area contributed by atoms with Crippen molar-refractivity contribution in [1.82, 2.24) is 10.2 Å². The summed E-state index contributed by atoms with van der Waals surface area (Å²) in [5.41, 5.74) is 7.46. The predicted octanol–water partition coefficient (Wildman–Crippen LogP) is 0.120. The highest BCUT2D eigenvalue weighted by Crippen LogP contribution is 2.09. The number of carbonyl (C=O) groups is 1. The van der Waals surface area contributed by atoms with Gasteiger partial charge in [-0.2, -0.15) is 0 Å². The zero-order valence-electron chi connectivity index (χ0n) is 9.98. The molecule has 4 nitrogen and oxygen atoms in total. The van der Waals surface area contributed by atoms with Gasteiger partial charge in [-0.05, 0) is 11.1 Å². The summed E-state index contributed by atoms with van der Waals surface area (Å²) in [7, 11) is 0. The van der Waals surface area contributed by atoms with Gasteiger partial charge in [0.2, 0.25) is 5.91 Å². The quantitative estimate of drug-likeness (QED) is 0.776. The summed E-state index contributed by atoms with van der Waals surface area (Å²) in [6, 6.07) is 8.13. The maximum absolute atomic E-state index is 10.9. The van der Waals surface area contributed by atoms with E-state index in [0.717, 1.165) is 38.3 Å². The number of nitrogens with zero attached hydrogens (tertiary/aromatic N) is 1. The zero-order chi connectivity index (χ0) is 12.1. The molecule has 1 aromatic carbocycles. The van der Waals surface area contributed by atoms with Gasteiger partial charge in [0.25, 0.3) is 0 Å². The Morgan fingerprint density at radius 2 is 2.00 bits per heavy atom. The molecule has 3 N–H and O–H groups in total. The molecule has 1 aromatic rings. The minimum absolute atomic E-state index is 0.274. The fourth-order valence-electron chi connectivity index (χ4n) is 2.17. The molecule has 17 heavy (non-hydrogen) atoms. The van der Waals surface area contributed by atoms with Crippen LogP contribution in [0.4, 0.5) is 0 Å². The summed E-state index contributed by atoms with van der Waals surface area (Å²) in [5, 5.41) is 3.34. The topological polar surface area (TPSA) is 58.4 Å². The van der Waals surface area contributed by atoms with Crippen LogP contribution in [0.5, 0.6) is 0 Å². The van der Waals surface area contributed by atoms with Crippen molar-refractivity contribution in [3.05, 3.63) is 35.4 Å². The van der Waals surface area contributed by atoms with Crippen molar-refractivity contribution in [3.8, 4) is 0 Å². The molecule has 0 atom stereocenters. The highest BCUT2D eigenvalue weighted by Gasteiger charge is 2.10. The normalized spacial score (nSPS) is 16.9. The van der Waals surface area contributed by atoms with Crippen molar-refractivity contribution in [2.24, 2.45) is 5.73 Å². The number of rotatable bonds is 4. The number of nitrogens with two attached hydrogens (primary N) is 1. The molecule has 1 amide bonds. The van der Waals surface area contributed by atoms with Gasteiger partial charge < -0.3 is 11.1 Å². The fourth-order valence-corrected chi connectivity index (χ4v) is 2.17. The molecule has 0 aliphatic carbocycles. The Bertz CT molecular complexity index is 386. The first kappa shape index (κ1) is 12.1. The first-order chi connectivity index (χ1) is 8.24. The third kappa shape index (κ3) is 3.84. The van der Waals surface area contributed by atoms with Crippen molar-refractivity contribution in [1.29, 1.82) is 0 Å². The minimum Gasteiger partial charge on any atom is -0.369 e. The third-order valence-electron chi connectivity index (χ3n) is 2.99. The molecule has 0 bridgehead atoms. The SMILES string of the molecule is NC(=O)Cc1cccc(CN2CCNCC2)c1. The van der Waals surface area contributed by atoms with Crippen LogP contribution in [0.2, 0.25) is 0 Å². The van der Waals surface area contributed by atoms with Gasteiger partial charge in [0.15, 0.2) is 0 Å². The lowest BCUT2D eigenvalue weighted by atomic mass is 10.1. The van der Waals surface area contributed by atoms with Crippen LogP contribution in [0.15, 0.2) is 24.3 Å². The van der Waals surface area contributed by atoms with Gasteiger partial charge in [0.05, 0.1) is 6.42 Å². The monoisotopic (exact) mass is 233 g/mol. The molecule has 1 aliphatic heterocycles. The average molecular weight is 233 g/mol. The lowest BCUT2D eigenvalue weighted by Gasteiger charge is -2.27. The van der Waals surface area contributed by atoms with Crippen LogP contribution in [0.1, 0.15) is 11.1 Å². The van der Waals surface area contributed by atoms with Gasteiger partial charge >= 0.3 is 0 Å². The summed E-state index contributed by atoms with van der Waals surface area (Å²) in [6.45, 7) is 5.23. The van der Waals surface area contributed by atoms with E-state index in [9.17, 15) is 4.79 Å². The van der Waals surface area contributed by atoms with Crippen molar-refractivity contribution in [2.45, 2.75) is 13.0 Å². The summed E-state index contributed by atoms with van der Waals surface area (Å²) >= 11 is 0. The van der Waals surface area contributed by atoms with E-state index in [4.69, 9.17) is 5.73 Å². The van der Waals surface area contributed by atoms with Crippen LogP contribution >= 0.6 is 0 Å². The number of piperazine rings is 1. The Kier molecular flexibility index (Phi) is 4.12. The molecular weight excluding hydrogens is 214 g/mol. The number of hydrogen-bond acceptors (Lipinski definition) is 3. The van der Waals surface area contributed by atoms with E-state index in [0.29, 0.717) is 6.42 Å². The molecule has 0 aromatic heterocycles. The van der Waals surface area contributed by atoms with Crippen molar-refractivity contribution >= 4 is 5.91 Å².